The third-order valence-electron chi connectivity index (χ3n) is 3.02. The highest BCUT2D eigenvalue weighted by Crippen LogP contribution is 2.38. The molecule has 0 amide bonds. The number of hydrogen-bond donors (Lipinski definition) is 0. The lowest BCUT2D eigenvalue weighted by Crippen LogP contribution is -2.41. The van der Waals surface area contributed by atoms with Crippen molar-refractivity contribution in [1.82, 2.24) is 0 Å². The minimum atomic E-state index is -1.85. The Morgan fingerprint density at radius 2 is 1.61 bits per heavy atom. The van der Waals surface area contributed by atoms with E-state index in [0.29, 0.717) is 5.95 Å². The third kappa shape index (κ3) is 6.29. The van der Waals surface area contributed by atoms with Crippen molar-refractivity contribution in [2.45, 2.75) is 71.7 Å². The maximum Gasteiger partial charge on any atom is 0.261 e. The van der Waals surface area contributed by atoms with Crippen LogP contribution in [0.3, 0.4) is 0 Å². The molecule has 0 aromatic carbocycles. The second-order valence-electron chi connectivity index (χ2n) is 7.12. The van der Waals surface area contributed by atoms with E-state index in [9.17, 15) is 0 Å². The minimum absolute atomic E-state index is 0.168. The Balaban J connectivity index is 4.97. The summed E-state index contributed by atoms with van der Waals surface area (Å²) in [6.07, 6.45) is 4.58. The summed E-state index contributed by atoms with van der Waals surface area (Å²) in [5.41, 5.74) is -0.241. The Hall–Kier alpha value is -0.703. The summed E-state index contributed by atoms with van der Waals surface area (Å²) in [5.74, 6) is 0.647. The van der Waals surface area contributed by atoms with Crippen molar-refractivity contribution in [3.63, 3.8) is 0 Å². The van der Waals surface area contributed by atoms with Gasteiger partial charge in [0.2, 0.25) is 0 Å². The van der Waals surface area contributed by atoms with Crippen molar-refractivity contribution in [1.29, 1.82) is 0 Å². The van der Waals surface area contributed by atoms with Crippen LogP contribution in [-0.2, 0) is 9.16 Å². The van der Waals surface area contributed by atoms with E-state index in [0.717, 1.165) is 6.42 Å². The number of allylic oxidation sites excluding steroid dienone is 2. The van der Waals surface area contributed by atoms with Gasteiger partial charge in [0.1, 0.15) is 5.60 Å². The maximum absolute atomic E-state index is 6.21. The first kappa shape index (κ1) is 17.3. The van der Waals surface area contributed by atoms with Gasteiger partial charge in [0, 0.05) is 0 Å². The van der Waals surface area contributed by atoms with Crippen LogP contribution in [0.5, 0.6) is 0 Å². The molecule has 2 nitrogen and oxygen atoms in total. The van der Waals surface area contributed by atoms with Gasteiger partial charge in [0.05, 0.1) is 0 Å². The molecule has 0 atom stereocenters. The molecular weight excluding hydrogens is 240 g/mol. The first-order chi connectivity index (χ1) is 7.89. The van der Waals surface area contributed by atoms with E-state index < -0.39 is 8.32 Å². The molecule has 0 spiro atoms. The zero-order valence-corrected chi connectivity index (χ0v) is 14.4. The zero-order valence-electron chi connectivity index (χ0n) is 13.4. The fraction of sp³-hybridized carbons (Fsp3) is 0.733. The molecule has 0 fully saturated rings. The van der Waals surface area contributed by atoms with Gasteiger partial charge in [-0.25, -0.2) is 0 Å². The van der Waals surface area contributed by atoms with Crippen molar-refractivity contribution in [3.05, 3.63) is 24.7 Å². The van der Waals surface area contributed by atoms with Crippen LogP contribution in [-0.4, -0.2) is 13.9 Å². The first-order valence-electron chi connectivity index (χ1n) is 6.58. The molecule has 18 heavy (non-hydrogen) atoms. The first-order valence-corrected chi connectivity index (χ1v) is 9.49. The van der Waals surface area contributed by atoms with Gasteiger partial charge in [-0.1, -0.05) is 26.8 Å². The van der Waals surface area contributed by atoms with Gasteiger partial charge in [-0.2, -0.15) is 0 Å². The summed E-state index contributed by atoms with van der Waals surface area (Å²) in [4.78, 5) is 0. The van der Waals surface area contributed by atoms with Gasteiger partial charge >= 0.3 is 0 Å². The Bertz CT molecular complexity index is 303. The molecule has 0 radical (unpaired) electrons. The van der Waals surface area contributed by atoms with Gasteiger partial charge in [-0.3, -0.25) is 0 Å². The zero-order chi connectivity index (χ0) is 14.6. The normalized spacial score (nSPS) is 14.3. The molecule has 0 rings (SSSR count). The van der Waals surface area contributed by atoms with E-state index in [1.54, 1.807) is 0 Å². The van der Waals surface area contributed by atoms with Crippen LogP contribution in [0, 0.1) is 0 Å². The quantitative estimate of drug-likeness (QED) is 0.386. The van der Waals surface area contributed by atoms with Crippen molar-refractivity contribution in [2.24, 2.45) is 0 Å². The topological polar surface area (TPSA) is 18.5 Å². The molecule has 0 saturated heterocycles. The van der Waals surface area contributed by atoms with E-state index in [2.05, 4.69) is 40.4 Å². The number of ether oxygens (including phenoxy) is 1. The van der Waals surface area contributed by atoms with Crippen LogP contribution in [0.15, 0.2) is 24.7 Å². The molecule has 0 aromatic rings. The number of hydrogen-bond acceptors (Lipinski definition) is 2. The third-order valence-corrected chi connectivity index (χ3v) is 7.34. The molecule has 0 aromatic heterocycles. The standard InChI is InChI=1S/C15H30O2Si/c1-10-11-12-13(16-14(2,3)4)17-18(8,9)15(5,6)7/h10,12H,1,11H2,2-9H3/b13-12-. The summed E-state index contributed by atoms with van der Waals surface area (Å²) in [6.45, 7) is 20.9. The van der Waals surface area contributed by atoms with E-state index in [1.165, 1.54) is 0 Å². The van der Waals surface area contributed by atoms with E-state index in [4.69, 9.17) is 9.16 Å². The summed E-state index contributed by atoms with van der Waals surface area (Å²) in [6, 6.07) is 0. The van der Waals surface area contributed by atoms with E-state index in [-0.39, 0.29) is 10.6 Å². The largest absolute Gasteiger partial charge is 0.519 e. The average Bonchev–Trinajstić information content (AvgIpc) is 2.09. The van der Waals surface area contributed by atoms with Crippen LogP contribution in [0.2, 0.25) is 18.1 Å². The number of rotatable bonds is 5. The summed E-state index contributed by atoms with van der Waals surface area (Å²) >= 11 is 0. The SMILES string of the molecule is C=CC/C=C(/OC(C)(C)C)O[Si](C)(C)C(C)(C)C. The molecule has 0 aliphatic carbocycles. The second kappa shape index (κ2) is 5.96. The maximum atomic E-state index is 6.21. The lowest BCUT2D eigenvalue weighted by Gasteiger charge is -2.38. The predicted octanol–water partition coefficient (Wildman–Crippen LogP) is 5.24. The van der Waals surface area contributed by atoms with Gasteiger partial charge in [0.15, 0.2) is 0 Å². The molecule has 0 saturated carbocycles. The Morgan fingerprint density at radius 3 is 1.94 bits per heavy atom. The Morgan fingerprint density at radius 1 is 1.11 bits per heavy atom. The fourth-order valence-corrected chi connectivity index (χ4v) is 1.92. The van der Waals surface area contributed by atoms with E-state index >= 15 is 0 Å². The molecular formula is C15H30O2Si. The molecule has 0 bridgehead atoms. The van der Waals surface area contributed by atoms with Crippen LogP contribution < -0.4 is 0 Å². The summed E-state index contributed by atoms with van der Waals surface area (Å²) in [7, 11) is -1.85. The molecule has 0 heterocycles. The molecule has 3 heteroatoms. The summed E-state index contributed by atoms with van der Waals surface area (Å²) in [5, 5.41) is 0.168. The summed E-state index contributed by atoms with van der Waals surface area (Å²) < 4.78 is 12.1. The van der Waals surface area contributed by atoms with Crippen LogP contribution in [0.1, 0.15) is 48.0 Å². The van der Waals surface area contributed by atoms with Gasteiger partial charge in [0.25, 0.3) is 14.3 Å². The fourth-order valence-electron chi connectivity index (χ4n) is 0.990. The van der Waals surface area contributed by atoms with Gasteiger partial charge < -0.3 is 9.16 Å². The molecule has 0 aliphatic rings. The lowest BCUT2D eigenvalue weighted by molar-refractivity contribution is -0.0107. The van der Waals surface area contributed by atoms with Crippen molar-refractivity contribution in [2.75, 3.05) is 0 Å². The van der Waals surface area contributed by atoms with Crippen molar-refractivity contribution < 1.29 is 9.16 Å². The van der Waals surface area contributed by atoms with Crippen LogP contribution in [0.25, 0.3) is 0 Å². The van der Waals surface area contributed by atoms with Gasteiger partial charge in [-0.15, -0.1) is 6.58 Å². The molecule has 0 N–H and O–H groups in total. The second-order valence-corrected chi connectivity index (χ2v) is 11.8. The van der Waals surface area contributed by atoms with Crippen molar-refractivity contribution >= 4 is 8.32 Å². The smallest absolute Gasteiger partial charge is 0.261 e. The lowest BCUT2D eigenvalue weighted by atomic mass is 10.2. The van der Waals surface area contributed by atoms with Crippen LogP contribution in [0.4, 0.5) is 0 Å². The predicted molar refractivity (Wildman–Crippen MR) is 82.0 cm³/mol. The van der Waals surface area contributed by atoms with E-state index in [1.807, 2.05) is 32.9 Å². The van der Waals surface area contributed by atoms with Crippen molar-refractivity contribution in [3.8, 4) is 0 Å². The Labute approximate surface area is 114 Å². The monoisotopic (exact) mass is 270 g/mol. The van der Waals surface area contributed by atoms with Gasteiger partial charge in [-0.05, 0) is 51.4 Å². The minimum Gasteiger partial charge on any atom is -0.519 e. The molecule has 0 unspecified atom stereocenters. The Kier molecular flexibility index (Phi) is 5.73. The molecule has 106 valence electrons. The highest BCUT2D eigenvalue weighted by atomic mass is 28.4. The highest BCUT2D eigenvalue weighted by Gasteiger charge is 2.40. The van der Waals surface area contributed by atoms with Crippen LogP contribution >= 0.6 is 0 Å². The molecule has 0 aliphatic heterocycles. The highest BCUT2D eigenvalue weighted by molar-refractivity contribution is 6.74. The average molecular weight is 270 g/mol.